The molecule has 1 aromatic carbocycles. The number of methoxy groups -OCH3 is 1. The monoisotopic (exact) mass is 220 g/mol. The summed E-state index contributed by atoms with van der Waals surface area (Å²) < 4.78 is 5.20. The molecule has 2 N–H and O–H groups in total. The Morgan fingerprint density at radius 3 is 2.62 bits per heavy atom. The van der Waals surface area contributed by atoms with Crippen molar-refractivity contribution in [1.82, 2.24) is 0 Å². The highest BCUT2D eigenvalue weighted by atomic mass is 16.5. The minimum Gasteiger partial charge on any atom is -0.496 e. The zero-order valence-electron chi connectivity index (χ0n) is 10.4. The molecular formula is C13H20N2O. The molecular weight excluding hydrogens is 200 g/mol. The lowest BCUT2D eigenvalue weighted by Gasteiger charge is -2.07. The highest BCUT2D eigenvalue weighted by Crippen LogP contribution is 2.18. The molecule has 0 saturated carbocycles. The lowest BCUT2D eigenvalue weighted by Crippen LogP contribution is -2.15. The van der Waals surface area contributed by atoms with E-state index in [-0.39, 0.29) is 0 Å². The molecule has 1 aromatic rings. The zero-order chi connectivity index (χ0) is 12.1. The molecule has 1 rings (SSSR count). The molecule has 0 saturated heterocycles. The molecule has 0 aromatic heterocycles. The lowest BCUT2D eigenvalue weighted by molar-refractivity contribution is 0.411. The molecule has 16 heavy (non-hydrogen) atoms. The molecule has 0 spiro atoms. The van der Waals surface area contributed by atoms with E-state index >= 15 is 0 Å². The van der Waals surface area contributed by atoms with Crippen LogP contribution in [0.3, 0.4) is 0 Å². The molecule has 3 heteroatoms. The van der Waals surface area contributed by atoms with Gasteiger partial charge in [0.1, 0.15) is 11.6 Å². The van der Waals surface area contributed by atoms with Gasteiger partial charge in [-0.1, -0.05) is 13.8 Å². The Bertz CT molecular complexity index is 384. The molecule has 0 radical (unpaired) electrons. The van der Waals surface area contributed by atoms with Crippen LogP contribution in [0.4, 0.5) is 0 Å². The van der Waals surface area contributed by atoms with Crippen LogP contribution in [-0.2, 0) is 0 Å². The second-order valence-corrected chi connectivity index (χ2v) is 4.30. The smallest absolute Gasteiger partial charge is 0.125 e. The first-order valence-electron chi connectivity index (χ1n) is 5.49. The van der Waals surface area contributed by atoms with Crippen molar-refractivity contribution in [3.05, 3.63) is 29.3 Å². The Labute approximate surface area is 97.3 Å². The highest BCUT2D eigenvalue weighted by Gasteiger charge is 2.03. The minimum atomic E-state index is 0.526. The molecule has 88 valence electrons. The van der Waals surface area contributed by atoms with Crippen LogP contribution >= 0.6 is 0 Å². The average molecular weight is 220 g/mol. The first-order valence-corrected chi connectivity index (χ1v) is 5.49. The largest absolute Gasteiger partial charge is 0.496 e. The van der Waals surface area contributed by atoms with Crippen LogP contribution in [0.15, 0.2) is 23.2 Å². The predicted molar refractivity (Wildman–Crippen MR) is 68.2 cm³/mol. The second-order valence-electron chi connectivity index (χ2n) is 4.30. The van der Waals surface area contributed by atoms with E-state index in [0.717, 1.165) is 23.4 Å². The molecule has 0 aliphatic carbocycles. The van der Waals surface area contributed by atoms with Gasteiger partial charge in [0.05, 0.1) is 7.11 Å². The Morgan fingerprint density at radius 1 is 1.44 bits per heavy atom. The van der Waals surface area contributed by atoms with E-state index in [4.69, 9.17) is 10.5 Å². The molecule has 0 fully saturated rings. The summed E-state index contributed by atoms with van der Waals surface area (Å²) in [6.45, 7) is 7.00. The van der Waals surface area contributed by atoms with Gasteiger partial charge >= 0.3 is 0 Å². The maximum atomic E-state index is 5.91. The molecule has 0 aliphatic heterocycles. The van der Waals surface area contributed by atoms with Crippen molar-refractivity contribution in [1.29, 1.82) is 0 Å². The van der Waals surface area contributed by atoms with Crippen LogP contribution in [0.25, 0.3) is 0 Å². The minimum absolute atomic E-state index is 0.526. The third-order valence-corrected chi connectivity index (χ3v) is 2.32. The molecule has 0 bridgehead atoms. The standard InChI is InChI=1S/C13H20N2O/c1-9(2)8-15-13(14)11-5-6-12(16-4)10(3)7-11/h5-7,9H,8H2,1-4H3,(H2,14,15). The van der Waals surface area contributed by atoms with Crippen molar-refractivity contribution < 1.29 is 4.74 Å². The molecule has 0 heterocycles. The van der Waals surface area contributed by atoms with Gasteiger partial charge in [-0.3, -0.25) is 4.99 Å². The maximum absolute atomic E-state index is 5.91. The Kier molecular flexibility index (Phi) is 4.35. The van der Waals surface area contributed by atoms with Crippen LogP contribution in [0.5, 0.6) is 5.75 Å². The van der Waals surface area contributed by atoms with Crippen molar-refractivity contribution in [3.8, 4) is 5.75 Å². The number of nitrogens with two attached hydrogens (primary N) is 1. The van der Waals surface area contributed by atoms with Crippen LogP contribution in [0.2, 0.25) is 0 Å². The Morgan fingerprint density at radius 2 is 2.12 bits per heavy atom. The molecule has 3 nitrogen and oxygen atoms in total. The maximum Gasteiger partial charge on any atom is 0.125 e. The van der Waals surface area contributed by atoms with Gasteiger partial charge in [0.15, 0.2) is 0 Å². The van der Waals surface area contributed by atoms with Crippen molar-refractivity contribution in [2.75, 3.05) is 13.7 Å². The number of aryl methyl sites for hydroxylation is 1. The van der Waals surface area contributed by atoms with Crippen LogP contribution in [-0.4, -0.2) is 19.5 Å². The number of benzene rings is 1. The highest BCUT2D eigenvalue weighted by molar-refractivity contribution is 5.97. The summed E-state index contributed by atoms with van der Waals surface area (Å²) >= 11 is 0. The van der Waals surface area contributed by atoms with E-state index in [1.807, 2.05) is 25.1 Å². The van der Waals surface area contributed by atoms with Crippen molar-refractivity contribution in [2.24, 2.45) is 16.6 Å². The van der Waals surface area contributed by atoms with Crippen LogP contribution < -0.4 is 10.5 Å². The van der Waals surface area contributed by atoms with E-state index in [1.165, 1.54) is 0 Å². The van der Waals surface area contributed by atoms with E-state index in [2.05, 4.69) is 18.8 Å². The number of ether oxygens (including phenoxy) is 1. The Hall–Kier alpha value is -1.51. The Balaban J connectivity index is 2.88. The number of aliphatic imine (C=N–C) groups is 1. The summed E-state index contributed by atoms with van der Waals surface area (Å²) in [6.07, 6.45) is 0. The van der Waals surface area contributed by atoms with E-state index in [1.54, 1.807) is 7.11 Å². The van der Waals surface area contributed by atoms with Crippen molar-refractivity contribution in [3.63, 3.8) is 0 Å². The second kappa shape index (κ2) is 5.54. The van der Waals surface area contributed by atoms with E-state index in [9.17, 15) is 0 Å². The van der Waals surface area contributed by atoms with Gasteiger partial charge in [0, 0.05) is 12.1 Å². The first-order chi connectivity index (χ1) is 7.54. The topological polar surface area (TPSA) is 47.6 Å². The fraction of sp³-hybridized carbons (Fsp3) is 0.462. The quantitative estimate of drug-likeness (QED) is 0.625. The van der Waals surface area contributed by atoms with Gasteiger partial charge in [-0.2, -0.15) is 0 Å². The number of hydrogen-bond donors (Lipinski definition) is 1. The average Bonchev–Trinajstić information content (AvgIpc) is 2.25. The first kappa shape index (κ1) is 12.6. The third-order valence-electron chi connectivity index (χ3n) is 2.32. The molecule has 0 aliphatic rings. The predicted octanol–water partition coefficient (Wildman–Crippen LogP) is 2.36. The fourth-order valence-electron chi connectivity index (χ4n) is 1.41. The van der Waals surface area contributed by atoms with Crippen LogP contribution in [0, 0.1) is 12.8 Å². The van der Waals surface area contributed by atoms with Crippen molar-refractivity contribution in [2.45, 2.75) is 20.8 Å². The fourth-order valence-corrected chi connectivity index (χ4v) is 1.41. The number of amidine groups is 1. The molecule has 0 unspecified atom stereocenters. The lowest BCUT2D eigenvalue weighted by atomic mass is 10.1. The summed E-state index contributed by atoms with van der Waals surface area (Å²) in [6, 6.07) is 5.85. The van der Waals surface area contributed by atoms with E-state index in [0.29, 0.717) is 11.8 Å². The van der Waals surface area contributed by atoms with Gasteiger partial charge in [-0.25, -0.2) is 0 Å². The third kappa shape index (κ3) is 3.26. The number of nitrogens with zero attached hydrogens (tertiary/aromatic N) is 1. The van der Waals surface area contributed by atoms with Gasteiger partial charge in [-0.05, 0) is 36.6 Å². The normalized spacial score (nSPS) is 11.9. The van der Waals surface area contributed by atoms with Gasteiger partial charge < -0.3 is 10.5 Å². The zero-order valence-corrected chi connectivity index (χ0v) is 10.4. The van der Waals surface area contributed by atoms with E-state index < -0.39 is 0 Å². The van der Waals surface area contributed by atoms with Gasteiger partial charge in [0.25, 0.3) is 0 Å². The summed E-state index contributed by atoms with van der Waals surface area (Å²) in [5.41, 5.74) is 7.94. The summed E-state index contributed by atoms with van der Waals surface area (Å²) in [4.78, 5) is 4.34. The van der Waals surface area contributed by atoms with Gasteiger partial charge in [-0.15, -0.1) is 0 Å². The number of rotatable bonds is 4. The van der Waals surface area contributed by atoms with Crippen molar-refractivity contribution >= 4 is 5.84 Å². The molecule has 0 amide bonds. The summed E-state index contributed by atoms with van der Waals surface area (Å²) in [5, 5.41) is 0. The SMILES string of the molecule is COc1ccc(C(N)=NCC(C)C)cc1C. The van der Waals surface area contributed by atoms with Crippen LogP contribution in [0.1, 0.15) is 25.0 Å². The summed E-state index contributed by atoms with van der Waals surface area (Å²) in [5.74, 6) is 2.00. The van der Waals surface area contributed by atoms with Gasteiger partial charge in [0.2, 0.25) is 0 Å². The summed E-state index contributed by atoms with van der Waals surface area (Å²) in [7, 11) is 1.66. The molecule has 0 atom stereocenters. The number of hydrogen-bond acceptors (Lipinski definition) is 2.